The fourth-order valence-corrected chi connectivity index (χ4v) is 6.19. The van der Waals surface area contributed by atoms with E-state index in [1.54, 1.807) is 32.8 Å². The van der Waals surface area contributed by atoms with Gasteiger partial charge in [0, 0.05) is 33.6 Å². The second-order valence-electron chi connectivity index (χ2n) is 10.8. The van der Waals surface area contributed by atoms with Crippen molar-refractivity contribution in [2.75, 3.05) is 38.6 Å². The van der Waals surface area contributed by atoms with Gasteiger partial charge < -0.3 is 9.64 Å². The molecule has 3 aliphatic rings. The molecule has 8 nitrogen and oxygen atoms in total. The quantitative estimate of drug-likeness (QED) is 0.405. The molecule has 0 aromatic heterocycles. The van der Waals surface area contributed by atoms with E-state index in [-0.39, 0.29) is 11.6 Å². The third-order valence-electron chi connectivity index (χ3n) is 7.71. The van der Waals surface area contributed by atoms with Gasteiger partial charge in [-0.3, -0.25) is 19.3 Å². The van der Waals surface area contributed by atoms with E-state index < -0.39 is 52.2 Å². The summed E-state index contributed by atoms with van der Waals surface area (Å²) < 4.78 is 46.9. The Hall–Kier alpha value is -2.97. The number of alkyl halides is 3. The molecule has 200 valence electrons. The third-order valence-corrected chi connectivity index (χ3v) is 7.71. The van der Waals surface area contributed by atoms with Gasteiger partial charge in [0.15, 0.2) is 0 Å². The van der Waals surface area contributed by atoms with Crippen molar-refractivity contribution in [2.24, 2.45) is 11.8 Å². The molecule has 4 atom stereocenters. The van der Waals surface area contributed by atoms with Crippen molar-refractivity contribution in [3.63, 3.8) is 0 Å². The van der Waals surface area contributed by atoms with Gasteiger partial charge in [-0.2, -0.15) is 18.4 Å². The summed E-state index contributed by atoms with van der Waals surface area (Å²) in [5.74, 6) is -2.72. The number of amides is 3. The average Bonchev–Trinajstić information content (AvgIpc) is 3.17. The molecule has 3 amide bonds. The van der Waals surface area contributed by atoms with Crippen LogP contribution in [0, 0.1) is 23.2 Å². The molecule has 4 rings (SSSR count). The Morgan fingerprint density at radius 2 is 1.70 bits per heavy atom. The number of rotatable bonds is 7. The molecule has 0 spiro atoms. The summed E-state index contributed by atoms with van der Waals surface area (Å²) in [5.41, 5.74) is -3.89. The topological polar surface area (TPSA) is 93.9 Å². The van der Waals surface area contributed by atoms with E-state index in [4.69, 9.17) is 10.00 Å². The number of hydrogen-bond acceptors (Lipinski definition) is 6. The number of nitriles is 1. The highest BCUT2D eigenvalue weighted by Crippen LogP contribution is 2.55. The van der Waals surface area contributed by atoms with E-state index in [0.717, 1.165) is 36.8 Å². The number of ether oxygens (including phenoxy) is 1. The van der Waals surface area contributed by atoms with Crippen molar-refractivity contribution in [1.82, 2.24) is 9.80 Å². The monoisotopic (exact) mass is 520 g/mol. The van der Waals surface area contributed by atoms with Gasteiger partial charge in [-0.05, 0) is 51.4 Å². The Kier molecular flexibility index (Phi) is 6.88. The first-order chi connectivity index (χ1) is 17.2. The van der Waals surface area contributed by atoms with Crippen LogP contribution in [-0.4, -0.2) is 72.5 Å². The Morgan fingerprint density at radius 3 is 2.22 bits per heavy atom. The lowest BCUT2D eigenvalue weighted by Crippen LogP contribution is -2.58. The average molecular weight is 521 g/mol. The van der Waals surface area contributed by atoms with Crippen molar-refractivity contribution in [1.29, 1.82) is 5.26 Å². The van der Waals surface area contributed by atoms with Crippen LogP contribution in [0.3, 0.4) is 0 Å². The number of carbonyl (C=O) groups excluding carboxylic acids is 3. The van der Waals surface area contributed by atoms with E-state index in [2.05, 4.69) is 4.90 Å². The van der Waals surface area contributed by atoms with Gasteiger partial charge in [0.05, 0.1) is 45.9 Å². The molecule has 2 bridgehead atoms. The first-order valence-corrected chi connectivity index (χ1v) is 12.3. The Labute approximate surface area is 213 Å². The number of morpholine rings is 1. The number of halogens is 3. The van der Waals surface area contributed by atoms with E-state index >= 15 is 0 Å². The number of carbonyl (C=O) groups is 3. The SMILES string of the molecule is CN(C)C(=O)CCCCCN1C[C@@]2(C)O[C@@](C)(C1)C1C(=O)N(c3ccc(C#N)c(C(F)(F)F)c3)C(=O)C12. The van der Waals surface area contributed by atoms with Crippen LogP contribution >= 0.6 is 0 Å². The van der Waals surface area contributed by atoms with Crippen molar-refractivity contribution in [2.45, 2.75) is 56.9 Å². The molecule has 0 saturated carbocycles. The van der Waals surface area contributed by atoms with Crippen LogP contribution in [-0.2, 0) is 25.3 Å². The first kappa shape index (κ1) is 27.1. The molecule has 1 aromatic rings. The molecular formula is C26H31F3N4O4. The first-order valence-electron chi connectivity index (χ1n) is 12.3. The smallest absolute Gasteiger partial charge is 0.365 e. The minimum Gasteiger partial charge on any atom is -0.365 e. The molecular weight excluding hydrogens is 489 g/mol. The van der Waals surface area contributed by atoms with Crippen molar-refractivity contribution >= 4 is 23.4 Å². The summed E-state index contributed by atoms with van der Waals surface area (Å²) in [6.45, 7) is 5.11. The number of imide groups is 1. The lowest BCUT2D eigenvalue weighted by atomic mass is 9.79. The number of anilines is 1. The summed E-state index contributed by atoms with van der Waals surface area (Å²) in [6.07, 6.45) is -1.83. The molecule has 3 heterocycles. The van der Waals surface area contributed by atoms with Crippen LogP contribution in [0.5, 0.6) is 0 Å². The number of nitrogens with zero attached hydrogens (tertiary/aromatic N) is 4. The molecule has 2 unspecified atom stereocenters. The fourth-order valence-electron chi connectivity index (χ4n) is 6.19. The second-order valence-corrected chi connectivity index (χ2v) is 10.8. The number of likely N-dealkylation sites (tertiary alicyclic amines) is 1. The molecule has 0 radical (unpaired) electrons. The maximum Gasteiger partial charge on any atom is 0.417 e. The molecule has 3 aliphatic heterocycles. The third kappa shape index (κ3) is 4.73. The van der Waals surface area contributed by atoms with E-state index in [0.29, 0.717) is 25.6 Å². The molecule has 11 heteroatoms. The Morgan fingerprint density at radius 1 is 1.11 bits per heavy atom. The maximum absolute atomic E-state index is 13.6. The highest BCUT2D eigenvalue weighted by Gasteiger charge is 2.71. The van der Waals surface area contributed by atoms with Crippen LogP contribution in [0.15, 0.2) is 18.2 Å². The summed E-state index contributed by atoms with van der Waals surface area (Å²) in [4.78, 5) is 43.4. The summed E-state index contributed by atoms with van der Waals surface area (Å²) >= 11 is 0. The standard InChI is InChI=1S/C26H31F3N4O4/c1-24-14-32(11-7-5-6-8-19(34)31(3)4)15-25(2,37-24)21-20(24)22(35)33(23(21)36)17-10-9-16(13-30)18(12-17)26(27,28)29/h9-10,12,20-21H,5-8,11,14-15H2,1-4H3/t20?,21?,24-,25+. The van der Waals surface area contributed by atoms with E-state index in [1.807, 2.05) is 0 Å². The highest BCUT2D eigenvalue weighted by atomic mass is 19.4. The van der Waals surface area contributed by atoms with Crippen LogP contribution in [0.1, 0.15) is 50.7 Å². The Balaban J connectivity index is 1.50. The normalized spacial score (nSPS) is 29.4. The highest BCUT2D eigenvalue weighted by molar-refractivity contribution is 6.23. The predicted molar refractivity (Wildman–Crippen MR) is 127 cm³/mol. The zero-order valence-corrected chi connectivity index (χ0v) is 21.4. The van der Waals surface area contributed by atoms with Crippen LogP contribution in [0.4, 0.5) is 18.9 Å². The molecule has 0 aliphatic carbocycles. The van der Waals surface area contributed by atoms with Crippen molar-refractivity contribution in [3.8, 4) is 6.07 Å². The van der Waals surface area contributed by atoms with Gasteiger partial charge in [0.2, 0.25) is 17.7 Å². The number of benzene rings is 1. The lowest BCUT2D eigenvalue weighted by Gasteiger charge is -2.45. The van der Waals surface area contributed by atoms with E-state index in [9.17, 15) is 27.6 Å². The molecule has 1 aromatic carbocycles. The predicted octanol–water partition coefficient (Wildman–Crippen LogP) is 3.19. The zero-order chi connectivity index (χ0) is 27.3. The Bertz CT molecular complexity index is 1130. The van der Waals surface area contributed by atoms with Crippen molar-refractivity contribution < 1.29 is 32.3 Å². The summed E-state index contributed by atoms with van der Waals surface area (Å²) in [6, 6.07) is 4.41. The number of hydrogen-bond donors (Lipinski definition) is 0. The minimum absolute atomic E-state index is 0.0865. The summed E-state index contributed by atoms with van der Waals surface area (Å²) in [5, 5.41) is 9.08. The minimum atomic E-state index is -4.80. The van der Waals surface area contributed by atoms with Gasteiger partial charge in [-0.1, -0.05) is 6.42 Å². The number of fused-ring (bicyclic) bond motifs is 5. The van der Waals surface area contributed by atoms with Crippen LogP contribution in [0.25, 0.3) is 0 Å². The number of unbranched alkanes of at least 4 members (excludes halogenated alkanes) is 2. The van der Waals surface area contributed by atoms with Crippen LogP contribution < -0.4 is 4.90 Å². The second kappa shape index (κ2) is 9.40. The van der Waals surface area contributed by atoms with Crippen molar-refractivity contribution in [3.05, 3.63) is 29.3 Å². The van der Waals surface area contributed by atoms with Gasteiger partial charge >= 0.3 is 6.18 Å². The maximum atomic E-state index is 13.6. The molecule has 0 N–H and O–H groups in total. The summed E-state index contributed by atoms with van der Waals surface area (Å²) in [7, 11) is 3.45. The molecule has 37 heavy (non-hydrogen) atoms. The lowest BCUT2D eigenvalue weighted by molar-refractivity contribution is -0.169. The van der Waals surface area contributed by atoms with Gasteiger partial charge in [-0.15, -0.1) is 0 Å². The van der Waals surface area contributed by atoms with Crippen LogP contribution in [0.2, 0.25) is 0 Å². The largest absolute Gasteiger partial charge is 0.417 e. The molecule has 3 saturated heterocycles. The molecule has 3 fully saturated rings. The van der Waals surface area contributed by atoms with Gasteiger partial charge in [0.25, 0.3) is 0 Å². The van der Waals surface area contributed by atoms with E-state index in [1.165, 1.54) is 12.1 Å². The van der Waals surface area contributed by atoms with Gasteiger partial charge in [-0.25, -0.2) is 4.90 Å². The van der Waals surface area contributed by atoms with Gasteiger partial charge in [0.1, 0.15) is 0 Å². The fraction of sp³-hybridized carbons (Fsp3) is 0.615. The zero-order valence-electron chi connectivity index (χ0n) is 21.4.